The lowest BCUT2D eigenvalue weighted by molar-refractivity contribution is 0.115. The number of ether oxygens (including phenoxy) is 1. The molecular weight excluding hydrogens is 427 g/mol. The summed E-state index contributed by atoms with van der Waals surface area (Å²) in [6, 6.07) is 0. The molecule has 2 aliphatic rings. The molecule has 1 saturated heterocycles. The fourth-order valence-electron chi connectivity index (χ4n) is 3.26. The van der Waals surface area contributed by atoms with E-state index in [0.717, 1.165) is 50.6 Å². The van der Waals surface area contributed by atoms with Gasteiger partial charge in [0.05, 0.1) is 6.61 Å². The number of guanidine groups is 1. The highest BCUT2D eigenvalue weighted by Gasteiger charge is 2.21. The summed E-state index contributed by atoms with van der Waals surface area (Å²) in [7, 11) is 2.11. The van der Waals surface area contributed by atoms with Crippen LogP contribution < -0.4 is 5.32 Å². The van der Waals surface area contributed by atoms with Gasteiger partial charge >= 0.3 is 0 Å². The first-order valence-corrected chi connectivity index (χ1v) is 10.0. The normalized spacial score (nSPS) is 19.6. The van der Waals surface area contributed by atoms with Gasteiger partial charge in [0, 0.05) is 33.3 Å². The number of hydrogen-bond donors (Lipinski definition) is 1. The highest BCUT2D eigenvalue weighted by molar-refractivity contribution is 14.0. The molecule has 1 heterocycles. The molecule has 0 amide bonds. The summed E-state index contributed by atoms with van der Waals surface area (Å²) in [5.41, 5.74) is 0. The van der Waals surface area contributed by atoms with Crippen LogP contribution in [0.25, 0.3) is 0 Å². The maximum absolute atomic E-state index is 5.75. The zero-order valence-corrected chi connectivity index (χ0v) is 18.8. The van der Waals surface area contributed by atoms with Crippen molar-refractivity contribution in [2.45, 2.75) is 46.0 Å². The van der Waals surface area contributed by atoms with E-state index < -0.39 is 0 Å². The lowest BCUT2D eigenvalue weighted by atomic mass is 9.94. The molecule has 0 unspecified atom stereocenters. The minimum atomic E-state index is 0. The second-order valence-corrected chi connectivity index (χ2v) is 7.34. The van der Waals surface area contributed by atoms with Gasteiger partial charge in [0.15, 0.2) is 5.96 Å². The molecule has 1 saturated carbocycles. The van der Waals surface area contributed by atoms with E-state index in [0.29, 0.717) is 0 Å². The molecule has 0 atom stereocenters. The van der Waals surface area contributed by atoms with Crippen LogP contribution in [0.2, 0.25) is 0 Å². The number of hydrogen-bond acceptors (Lipinski definition) is 3. The summed E-state index contributed by atoms with van der Waals surface area (Å²) in [5.74, 6) is 2.72. The molecule has 0 spiro atoms. The summed E-state index contributed by atoms with van der Waals surface area (Å²) >= 11 is 0. The number of halogens is 1. The first kappa shape index (κ1) is 23.0. The monoisotopic (exact) mass is 466 g/mol. The van der Waals surface area contributed by atoms with Crippen molar-refractivity contribution in [3.63, 3.8) is 0 Å². The first-order valence-electron chi connectivity index (χ1n) is 10.0. The van der Waals surface area contributed by atoms with Crippen molar-refractivity contribution < 1.29 is 4.74 Å². The van der Waals surface area contributed by atoms with E-state index >= 15 is 0 Å². The van der Waals surface area contributed by atoms with E-state index in [2.05, 4.69) is 36.0 Å². The number of nitrogens with one attached hydrogen (secondary N) is 1. The van der Waals surface area contributed by atoms with Gasteiger partial charge in [0.2, 0.25) is 0 Å². The van der Waals surface area contributed by atoms with Gasteiger partial charge in [0.25, 0.3) is 0 Å². The molecule has 25 heavy (non-hydrogen) atoms. The third-order valence-corrected chi connectivity index (χ3v) is 5.27. The smallest absolute Gasteiger partial charge is 0.193 e. The maximum atomic E-state index is 5.75. The van der Waals surface area contributed by atoms with Gasteiger partial charge in [-0.15, -0.1) is 24.0 Å². The number of piperidine rings is 1. The minimum absolute atomic E-state index is 0. The molecular formula is C19H39IN4O. The van der Waals surface area contributed by atoms with Crippen molar-refractivity contribution in [1.29, 1.82) is 0 Å². The Morgan fingerprint density at radius 2 is 1.88 bits per heavy atom. The number of likely N-dealkylation sites (N-methyl/N-ethyl adjacent to an activating group) is 1. The predicted octanol–water partition coefficient (Wildman–Crippen LogP) is 3.05. The molecule has 5 nitrogen and oxygen atoms in total. The molecule has 148 valence electrons. The Morgan fingerprint density at radius 3 is 2.48 bits per heavy atom. The summed E-state index contributed by atoms with van der Waals surface area (Å²) < 4.78 is 5.75. The molecule has 0 aromatic heterocycles. The summed E-state index contributed by atoms with van der Waals surface area (Å²) in [5, 5.41) is 3.41. The number of aliphatic imine (C=N–C) groups is 1. The number of rotatable bonds is 10. The average Bonchev–Trinajstić information content (AvgIpc) is 3.42. The van der Waals surface area contributed by atoms with Crippen molar-refractivity contribution >= 4 is 29.9 Å². The van der Waals surface area contributed by atoms with Crippen LogP contribution in [0.5, 0.6) is 0 Å². The van der Waals surface area contributed by atoms with Gasteiger partial charge in [-0.05, 0) is 70.5 Å². The Labute approximate surface area is 172 Å². The Bertz CT molecular complexity index is 368. The Balaban J connectivity index is 0.00000312. The molecule has 1 aliphatic carbocycles. The largest absolute Gasteiger partial charge is 0.379 e. The first-order chi connectivity index (χ1) is 11.7. The zero-order valence-electron chi connectivity index (χ0n) is 16.5. The molecule has 2 fully saturated rings. The zero-order chi connectivity index (χ0) is 17.2. The van der Waals surface area contributed by atoms with Gasteiger partial charge in [-0.2, -0.15) is 0 Å². The SMILES string of the molecule is CCNC(=NCCC1CCN(CC)CC1)N(C)CCOCC1CC1.I. The van der Waals surface area contributed by atoms with E-state index in [1.807, 2.05) is 0 Å². The van der Waals surface area contributed by atoms with Crippen molar-refractivity contribution in [2.24, 2.45) is 16.8 Å². The lowest BCUT2D eigenvalue weighted by Crippen LogP contribution is -2.40. The molecule has 1 N–H and O–H groups in total. The van der Waals surface area contributed by atoms with Crippen LogP contribution in [-0.4, -0.2) is 75.3 Å². The standard InChI is InChI=1S/C19H38N4O.HI/c1-4-20-19(22(3)14-15-24-16-18-6-7-18)21-11-8-17-9-12-23(5-2)13-10-17;/h17-18H,4-16H2,1-3H3,(H,20,21);1H. The molecule has 6 heteroatoms. The van der Waals surface area contributed by atoms with Gasteiger partial charge in [-0.1, -0.05) is 6.92 Å². The minimum Gasteiger partial charge on any atom is -0.379 e. The van der Waals surface area contributed by atoms with Gasteiger partial charge in [0.1, 0.15) is 0 Å². The van der Waals surface area contributed by atoms with Crippen LogP contribution in [-0.2, 0) is 4.74 Å². The van der Waals surface area contributed by atoms with Crippen molar-refractivity contribution in [2.75, 3.05) is 59.5 Å². The molecule has 0 aromatic carbocycles. The van der Waals surface area contributed by atoms with Crippen LogP contribution in [0, 0.1) is 11.8 Å². The van der Waals surface area contributed by atoms with E-state index in [9.17, 15) is 0 Å². The summed E-state index contributed by atoms with van der Waals surface area (Å²) in [6.45, 7) is 12.6. The fourth-order valence-corrected chi connectivity index (χ4v) is 3.26. The van der Waals surface area contributed by atoms with Crippen LogP contribution in [0.4, 0.5) is 0 Å². The Morgan fingerprint density at radius 1 is 1.16 bits per heavy atom. The van der Waals surface area contributed by atoms with E-state index in [-0.39, 0.29) is 24.0 Å². The third-order valence-electron chi connectivity index (χ3n) is 5.27. The van der Waals surface area contributed by atoms with E-state index in [1.54, 1.807) is 0 Å². The van der Waals surface area contributed by atoms with Crippen LogP contribution in [0.1, 0.15) is 46.0 Å². The van der Waals surface area contributed by atoms with Crippen molar-refractivity contribution in [3.05, 3.63) is 0 Å². The molecule has 0 radical (unpaired) electrons. The predicted molar refractivity (Wildman–Crippen MR) is 117 cm³/mol. The molecule has 1 aliphatic heterocycles. The Hall–Kier alpha value is -0.0800. The quantitative estimate of drug-likeness (QED) is 0.233. The van der Waals surface area contributed by atoms with Crippen LogP contribution in [0.15, 0.2) is 4.99 Å². The van der Waals surface area contributed by atoms with Crippen LogP contribution in [0.3, 0.4) is 0 Å². The van der Waals surface area contributed by atoms with Crippen molar-refractivity contribution in [3.8, 4) is 0 Å². The third kappa shape index (κ3) is 9.43. The average molecular weight is 466 g/mol. The summed E-state index contributed by atoms with van der Waals surface area (Å²) in [6.07, 6.45) is 6.61. The fraction of sp³-hybridized carbons (Fsp3) is 0.947. The van der Waals surface area contributed by atoms with Gasteiger partial charge < -0.3 is 19.9 Å². The molecule has 2 rings (SSSR count). The maximum Gasteiger partial charge on any atom is 0.193 e. The number of nitrogens with zero attached hydrogens (tertiary/aromatic N) is 3. The Kier molecular flexibility index (Phi) is 12.1. The topological polar surface area (TPSA) is 40.1 Å². The molecule has 0 bridgehead atoms. The number of likely N-dealkylation sites (tertiary alicyclic amines) is 1. The highest BCUT2D eigenvalue weighted by Crippen LogP contribution is 2.28. The summed E-state index contributed by atoms with van der Waals surface area (Å²) in [4.78, 5) is 9.59. The lowest BCUT2D eigenvalue weighted by Gasteiger charge is -2.30. The molecule has 0 aromatic rings. The highest BCUT2D eigenvalue weighted by atomic mass is 127. The second kappa shape index (κ2) is 13.1. The van der Waals surface area contributed by atoms with Gasteiger partial charge in [-0.3, -0.25) is 4.99 Å². The van der Waals surface area contributed by atoms with E-state index in [4.69, 9.17) is 9.73 Å². The second-order valence-electron chi connectivity index (χ2n) is 7.34. The van der Waals surface area contributed by atoms with Crippen LogP contribution >= 0.6 is 24.0 Å². The van der Waals surface area contributed by atoms with E-state index in [1.165, 1.54) is 51.7 Å². The van der Waals surface area contributed by atoms with Gasteiger partial charge in [-0.25, -0.2) is 0 Å². The van der Waals surface area contributed by atoms with Crippen molar-refractivity contribution in [1.82, 2.24) is 15.1 Å².